The van der Waals surface area contributed by atoms with E-state index in [1.54, 1.807) is 19.9 Å². The Kier molecular flexibility index (Phi) is 4.33. The van der Waals surface area contributed by atoms with E-state index in [2.05, 4.69) is 20.2 Å². The molecule has 150 valence electrons. The summed E-state index contributed by atoms with van der Waals surface area (Å²) in [5.74, 6) is -0.889. The Morgan fingerprint density at radius 2 is 2.10 bits per heavy atom. The fourth-order valence-electron chi connectivity index (χ4n) is 3.30. The van der Waals surface area contributed by atoms with Crippen molar-refractivity contribution in [3.05, 3.63) is 46.8 Å². The maximum Gasteiger partial charge on any atom is 0.408 e. The molecule has 1 saturated carbocycles. The lowest BCUT2D eigenvalue weighted by Gasteiger charge is -2.20. The van der Waals surface area contributed by atoms with E-state index in [-0.39, 0.29) is 17.1 Å². The van der Waals surface area contributed by atoms with Crippen LogP contribution in [0.25, 0.3) is 21.7 Å². The van der Waals surface area contributed by atoms with Gasteiger partial charge in [0.2, 0.25) is 0 Å². The third kappa shape index (κ3) is 3.44. The van der Waals surface area contributed by atoms with Gasteiger partial charge in [-0.3, -0.25) is 4.79 Å². The third-order valence-electron chi connectivity index (χ3n) is 4.92. The molecule has 0 bridgehead atoms. The maximum absolute atomic E-state index is 13.3. The zero-order chi connectivity index (χ0) is 20.9. The second-order valence-electron chi connectivity index (χ2n) is 7.07. The summed E-state index contributed by atoms with van der Waals surface area (Å²) < 4.78 is 46.5. The minimum atomic E-state index is -4.52. The van der Waals surface area contributed by atoms with Crippen LogP contribution in [0.15, 0.2) is 22.7 Å². The number of hydrogen-bond donors (Lipinski definition) is 1. The summed E-state index contributed by atoms with van der Waals surface area (Å²) in [4.78, 5) is 20.3. The molecule has 0 saturated heterocycles. The first-order valence-corrected chi connectivity index (χ1v) is 8.90. The highest BCUT2D eigenvalue weighted by Gasteiger charge is 2.49. The van der Waals surface area contributed by atoms with E-state index >= 15 is 0 Å². The number of fused-ring (bicyclic) bond motifs is 1. The SMILES string of the molecule is [C-]#[N+]c1cc(-c2cc(C)n3ncc(C(=O)NC(C4CC4)C(F)(F)F)c3n2)c(C)o1. The van der Waals surface area contributed by atoms with Crippen LogP contribution in [0, 0.1) is 26.3 Å². The molecule has 1 N–H and O–H groups in total. The lowest BCUT2D eigenvalue weighted by atomic mass is 10.1. The normalized spacial score (nSPS) is 15.3. The number of furan rings is 1. The van der Waals surface area contributed by atoms with Crippen LogP contribution < -0.4 is 5.32 Å². The summed E-state index contributed by atoms with van der Waals surface area (Å²) >= 11 is 0. The van der Waals surface area contributed by atoms with Gasteiger partial charge in [0.1, 0.15) is 11.6 Å². The van der Waals surface area contributed by atoms with Crippen molar-refractivity contribution in [2.24, 2.45) is 5.92 Å². The van der Waals surface area contributed by atoms with E-state index in [0.29, 0.717) is 35.6 Å². The molecule has 0 radical (unpaired) electrons. The molecule has 29 heavy (non-hydrogen) atoms. The summed E-state index contributed by atoms with van der Waals surface area (Å²) in [5.41, 5.74) is 1.73. The lowest BCUT2D eigenvalue weighted by molar-refractivity contribution is -0.158. The number of aryl methyl sites for hydroxylation is 2. The van der Waals surface area contributed by atoms with Gasteiger partial charge >= 0.3 is 12.1 Å². The van der Waals surface area contributed by atoms with Gasteiger partial charge in [0.05, 0.1) is 24.2 Å². The Bertz CT molecular complexity index is 1150. The molecule has 3 aromatic rings. The van der Waals surface area contributed by atoms with Crippen LogP contribution in [0.3, 0.4) is 0 Å². The van der Waals surface area contributed by atoms with Crippen molar-refractivity contribution in [2.75, 3.05) is 0 Å². The first kappa shape index (κ1) is 19.0. The number of nitrogens with zero attached hydrogens (tertiary/aromatic N) is 4. The van der Waals surface area contributed by atoms with Gasteiger partial charge in [-0.05, 0) is 44.7 Å². The van der Waals surface area contributed by atoms with Gasteiger partial charge in [0, 0.05) is 11.3 Å². The standard InChI is InChI=1S/C19H16F3N5O2/c1-9-6-14(12-7-15(23-3)29-10(12)2)25-17-13(8-24-27(9)17)18(28)26-16(11-4-5-11)19(20,21)22/h6-8,11,16H,4-5H2,1-2H3,(H,26,28). The number of carbonyl (C=O) groups excluding carboxylic acids is 1. The molecule has 10 heteroatoms. The van der Waals surface area contributed by atoms with Gasteiger partial charge in [0.25, 0.3) is 5.91 Å². The predicted molar refractivity (Wildman–Crippen MR) is 96.5 cm³/mol. The monoisotopic (exact) mass is 403 g/mol. The Balaban J connectivity index is 1.74. The number of alkyl halides is 3. The molecular weight excluding hydrogens is 387 g/mol. The highest BCUT2D eigenvalue weighted by Crippen LogP contribution is 2.40. The van der Waals surface area contributed by atoms with Gasteiger partial charge in [-0.25, -0.2) is 9.50 Å². The Morgan fingerprint density at radius 1 is 1.38 bits per heavy atom. The largest absolute Gasteiger partial charge is 0.484 e. The molecule has 3 heterocycles. The number of amides is 1. The van der Waals surface area contributed by atoms with Gasteiger partial charge in [0.15, 0.2) is 5.65 Å². The highest BCUT2D eigenvalue weighted by atomic mass is 19.4. The van der Waals surface area contributed by atoms with E-state index in [1.807, 2.05) is 0 Å². The molecule has 4 rings (SSSR count). The van der Waals surface area contributed by atoms with Gasteiger partial charge in [-0.15, -0.1) is 0 Å². The number of halogens is 3. The van der Waals surface area contributed by atoms with Gasteiger partial charge in [-0.2, -0.15) is 23.1 Å². The van der Waals surface area contributed by atoms with Crippen LogP contribution in [-0.4, -0.2) is 32.7 Å². The molecule has 0 aromatic carbocycles. The van der Waals surface area contributed by atoms with Crippen LogP contribution in [0.1, 0.15) is 34.7 Å². The zero-order valence-electron chi connectivity index (χ0n) is 15.5. The lowest BCUT2D eigenvalue weighted by Crippen LogP contribution is -2.46. The molecular formula is C19H16F3N5O2. The minimum Gasteiger partial charge on any atom is -0.484 e. The van der Waals surface area contributed by atoms with Crippen LogP contribution >= 0.6 is 0 Å². The topological polar surface area (TPSA) is 76.8 Å². The number of nitrogens with one attached hydrogen (secondary N) is 1. The maximum atomic E-state index is 13.3. The van der Waals surface area contributed by atoms with Crippen molar-refractivity contribution in [1.29, 1.82) is 0 Å². The first-order chi connectivity index (χ1) is 13.7. The Morgan fingerprint density at radius 3 is 2.69 bits per heavy atom. The fourth-order valence-corrected chi connectivity index (χ4v) is 3.30. The quantitative estimate of drug-likeness (QED) is 0.662. The molecule has 1 amide bonds. The molecule has 1 aliphatic rings. The number of carbonyl (C=O) groups is 1. The average Bonchev–Trinajstić information content (AvgIpc) is 3.27. The Labute approximate surface area is 163 Å². The predicted octanol–water partition coefficient (Wildman–Crippen LogP) is 4.23. The fraction of sp³-hybridized carbons (Fsp3) is 0.368. The summed E-state index contributed by atoms with van der Waals surface area (Å²) in [6.07, 6.45) is -2.44. The number of hydrogen-bond acceptors (Lipinski definition) is 4. The van der Waals surface area contributed by atoms with Crippen molar-refractivity contribution in [2.45, 2.75) is 38.9 Å². The zero-order valence-corrected chi connectivity index (χ0v) is 15.5. The number of aromatic nitrogens is 3. The van der Waals surface area contributed by atoms with E-state index < -0.39 is 24.0 Å². The Hall–Kier alpha value is -3.35. The molecule has 7 nitrogen and oxygen atoms in total. The van der Waals surface area contributed by atoms with Crippen molar-refractivity contribution < 1.29 is 22.4 Å². The first-order valence-electron chi connectivity index (χ1n) is 8.90. The van der Waals surface area contributed by atoms with Gasteiger partial charge in [-0.1, -0.05) is 0 Å². The van der Waals surface area contributed by atoms with Crippen LogP contribution in [-0.2, 0) is 0 Å². The van der Waals surface area contributed by atoms with Crippen LogP contribution in [0.2, 0.25) is 0 Å². The average molecular weight is 403 g/mol. The van der Waals surface area contributed by atoms with Crippen molar-refractivity contribution in [3.63, 3.8) is 0 Å². The summed E-state index contributed by atoms with van der Waals surface area (Å²) in [6, 6.07) is 1.35. The summed E-state index contributed by atoms with van der Waals surface area (Å²) in [6.45, 7) is 10.5. The number of rotatable bonds is 4. The van der Waals surface area contributed by atoms with E-state index in [4.69, 9.17) is 11.0 Å². The summed E-state index contributed by atoms with van der Waals surface area (Å²) in [7, 11) is 0. The van der Waals surface area contributed by atoms with E-state index in [1.165, 1.54) is 16.8 Å². The second kappa shape index (κ2) is 6.62. The molecule has 0 aliphatic heterocycles. The molecule has 1 aliphatic carbocycles. The van der Waals surface area contributed by atoms with Gasteiger partial charge < -0.3 is 9.73 Å². The molecule has 1 atom stereocenters. The molecule has 3 aromatic heterocycles. The van der Waals surface area contributed by atoms with Crippen LogP contribution in [0.4, 0.5) is 19.1 Å². The molecule has 0 spiro atoms. The second-order valence-corrected chi connectivity index (χ2v) is 7.07. The van der Waals surface area contributed by atoms with E-state index in [0.717, 1.165) is 0 Å². The summed E-state index contributed by atoms with van der Waals surface area (Å²) in [5, 5.41) is 6.19. The van der Waals surface area contributed by atoms with Crippen molar-refractivity contribution in [3.8, 4) is 11.3 Å². The third-order valence-corrected chi connectivity index (χ3v) is 4.92. The highest BCUT2D eigenvalue weighted by molar-refractivity contribution is 6.00. The molecule has 1 unspecified atom stereocenters. The van der Waals surface area contributed by atoms with E-state index in [9.17, 15) is 18.0 Å². The van der Waals surface area contributed by atoms with Crippen molar-refractivity contribution in [1.82, 2.24) is 19.9 Å². The van der Waals surface area contributed by atoms with Crippen LogP contribution in [0.5, 0.6) is 0 Å². The smallest absolute Gasteiger partial charge is 0.408 e. The minimum absolute atomic E-state index is 0.0450. The molecule has 1 fully saturated rings. The van der Waals surface area contributed by atoms with Crippen molar-refractivity contribution >= 4 is 17.4 Å².